The molecular formula is C37H51FO6. The van der Waals surface area contributed by atoms with Crippen LogP contribution in [0.1, 0.15) is 110 Å². The van der Waals surface area contributed by atoms with Gasteiger partial charge in [-0.2, -0.15) is 0 Å². The van der Waals surface area contributed by atoms with E-state index in [0.717, 1.165) is 31.3 Å². The van der Waals surface area contributed by atoms with Gasteiger partial charge in [-0.1, -0.05) is 39.3 Å². The third kappa shape index (κ3) is 4.16. The minimum atomic E-state index is -1.05. The number of allylic oxidation sites excluding steroid dienone is 2. The van der Waals surface area contributed by atoms with Crippen LogP contribution in [0.3, 0.4) is 0 Å². The van der Waals surface area contributed by atoms with Crippen LogP contribution in [0.4, 0.5) is 4.39 Å². The van der Waals surface area contributed by atoms with Crippen LogP contribution < -0.4 is 0 Å². The van der Waals surface area contributed by atoms with E-state index in [0.29, 0.717) is 38.0 Å². The van der Waals surface area contributed by atoms with E-state index >= 15 is 0 Å². The summed E-state index contributed by atoms with van der Waals surface area (Å²) in [4.78, 5) is 26.9. The fraction of sp³-hybridized carbons (Fsp3) is 0.730. The number of esters is 1. The Labute approximate surface area is 261 Å². The topological polar surface area (TPSA) is 104 Å². The van der Waals surface area contributed by atoms with Gasteiger partial charge in [0.1, 0.15) is 11.9 Å². The number of benzene rings is 1. The van der Waals surface area contributed by atoms with Gasteiger partial charge in [-0.25, -0.2) is 9.18 Å². The van der Waals surface area contributed by atoms with Gasteiger partial charge in [0.05, 0.1) is 23.2 Å². The number of carbonyl (C=O) groups is 2. The van der Waals surface area contributed by atoms with E-state index in [1.54, 1.807) is 0 Å². The van der Waals surface area contributed by atoms with E-state index in [1.807, 2.05) is 13.8 Å². The number of hydrogen-bond donors (Lipinski definition) is 3. The summed E-state index contributed by atoms with van der Waals surface area (Å²) in [5, 5.41) is 33.9. The summed E-state index contributed by atoms with van der Waals surface area (Å²) in [5.41, 5.74) is -1.28. The van der Waals surface area contributed by atoms with E-state index in [-0.39, 0.29) is 45.7 Å². The quantitative estimate of drug-likeness (QED) is 0.233. The Morgan fingerprint density at radius 3 is 2.34 bits per heavy atom. The van der Waals surface area contributed by atoms with Gasteiger partial charge in [-0.3, -0.25) is 4.79 Å². The van der Waals surface area contributed by atoms with E-state index in [1.165, 1.54) is 24.3 Å². The zero-order valence-corrected chi connectivity index (χ0v) is 27.2. The first-order valence-corrected chi connectivity index (χ1v) is 16.8. The fourth-order valence-corrected chi connectivity index (χ4v) is 12.2. The van der Waals surface area contributed by atoms with Crippen LogP contribution in [0, 0.1) is 56.6 Å². The molecule has 5 fully saturated rings. The summed E-state index contributed by atoms with van der Waals surface area (Å²) >= 11 is 0. The number of carbonyl (C=O) groups excluding carboxylic acids is 1. The van der Waals surface area contributed by atoms with E-state index < -0.39 is 40.8 Å². The molecule has 0 radical (unpaired) electrons. The highest BCUT2D eigenvalue weighted by molar-refractivity contribution is 5.90. The summed E-state index contributed by atoms with van der Waals surface area (Å²) in [6.07, 6.45) is 6.47. The molecule has 3 N–H and O–H groups in total. The summed E-state index contributed by atoms with van der Waals surface area (Å²) in [6.45, 7) is 13.1. The van der Waals surface area contributed by atoms with Crippen molar-refractivity contribution < 1.29 is 34.0 Å². The van der Waals surface area contributed by atoms with Crippen LogP contribution in [-0.4, -0.2) is 45.6 Å². The van der Waals surface area contributed by atoms with Crippen LogP contribution in [0.25, 0.3) is 0 Å². The number of aliphatic hydroxyl groups is 2. The minimum absolute atomic E-state index is 0.00259. The lowest BCUT2D eigenvalue weighted by molar-refractivity contribution is -0.241. The van der Waals surface area contributed by atoms with E-state index in [9.17, 15) is 29.3 Å². The second-order valence-electron chi connectivity index (χ2n) is 16.3. The standard InChI is InChI=1S/C37H51FO6/c1-21(2)8-7-15-36(32(42)43)20-37(36)28-18-27(40)30-33(4)16-14-26(39)22(3)25(33)13-17-34(30,5)35(28,6)19-29(37)44-31(41)23-9-11-24(38)12-10-23/h8-12,22,25-30,39-40H,7,13-20H2,1-6H3,(H,42,43)/t22-,25-,26+,27+,28+,29-,30?,33-,34-,35-,36+,37+/m0/s1. The number of hydrogen-bond acceptors (Lipinski definition) is 5. The monoisotopic (exact) mass is 610 g/mol. The number of carboxylic acid groups (broad SMARTS) is 1. The third-order valence-electron chi connectivity index (χ3n) is 14.4. The molecule has 44 heavy (non-hydrogen) atoms. The highest BCUT2D eigenvalue weighted by atomic mass is 19.1. The summed E-state index contributed by atoms with van der Waals surface area (Å²) < 4.78 is 20.1. The van der Waals surface area contributed by atoms with Gasteiger partial charge in [-0.15, -0.1) is 0 Å². The smallest absolute Gasteiger partial charge is 0.338 e. The van der Waals surface area contributed by atoms with Gasteiger partial charge in [0.15, 0.2) is 0 Å². The largest absolute Gasteiger partial charge is 0.481 e. The Balaban J connectivity index is 1.43. The van der Waals surface area contributed by atoms with Crippen LogP contribution in [-0.2, 0) is 9.53 Å². The Bertz CT molecular complexity index is 1350. The first-order valence-electron chi connectivity index (χ1n) is 16.8. The molecule has 1 spiro atoms. The number of aliphatic carboxylic acids is 1. The van der Waals surface area contributed by atoms with Crippen molar-refractivity contribution in [2.75, 3.05) is 0 Å². The lowest BCUT2D eigenvalue weighted by Crippen LogP contribution is -2.66. The first-order chi connectivity index (χ1) is 20.6. The predicted molar refractivity (Wildman–Crippen MR) is 165 cm³/mol. The number of carboxylic acids is 1. The molecule has 5 aliphatic carbocycles. The zero-order valence-electron chi connectivity index (χ0n) is 27.2. The highest BCUT2D eigenvalue weighted by Crippen LogP contribution is 2.85. The lowest BCUT2D eigenvalue weighted by atomic mass is 9.36. The van der Waals surface area contributed by atoms with Gasteiger partial charge >= 0.3 is 11.9 Å². The van der Waals surface area contributed by atoms with E-state index in [2.05, 4.69) is 33.8 Å². The molecule has 5 saturated carbocycles. The molecule has 6 rings (SSSR count). The van der Waals surface area contributed by atoms with Crippen molar-refractivity contribution in [1.82, 2.24) is 0 Å². The molecule has 0 amide bonds. The van der Waals surface area contributed by atoms with Gasteiger partial charge in [0.25, 0.3) is 0 Å². The molecule has 0 bridgehead atoms. The van der Waals surface area contributed by atoms with Crippen molar-refractivity contribution in [2.24, 2.45) is 50.7 Å². The molecule has 12 atom stereocenters. The van der Waals surface area contributed by atoms with Crippen LogP contribution in [0.2, 0.25) is 0 Å². The average molecular weight is 611 g/mol. The normalized spacial score (nSPS) is 47.2. The molecule has 242 valence electrons. The SMILES string of the molecule is CC(C)=CCC[C@]1(C(=O)O)C[C@@]12[C@@H](OC(=O)c1ccc(F)cc1)C[C@@]1(C)[C@H]2C[C@@H](O)C2[C@]1(C)CC[C@H]1[C@H](C)[C@H](O)CC[C@]21C. The van der Waals surface area contributed by atoms with Crippen molar-refractivity contribution in [3.63, 3.8) is 0 Å². The second-order valence-corrected chi connectivity index (χ2v) is 16.3. The maximum atomic E-state index is 13.7. The van der Waals surface area contributed by atoms with Crippen LogP contribution in [0.15, 0.2) is 35.9 Å². The molecule has 1 unspecified atom stereocenters. The Kier molecular flexibility index (Phi) is 7.49. The zero-order chi connectivity index (χ0) is 32.0. The average Bonchev–Trinajstić information content (AvgIpc) is 3.57. The molecule has 0 aromatic heterocycles. The Morgan fingerprint density at radius 2 is 1.70 bits per heavy atom. The Morgan fingerprint density at radius 1 is 1.02 bits per heavy atom. The molecule has 1 aromatic carbocycles. The first kappa shape index (κ1) is 31.7. The van der Waals surface area contributed by atoms with Crippen molar-refractivity contribution in [1.29, 1.82) is 0 Å². The predicted octanol–water partition coefficient (Wildman–Crippen LogP) is 7.18. The molecule has 7 heteroatoms. The van der Waals surface area contributed by atoms with Crippen molar-refractivity contribution in [3.05, 3.63) is 47.3 Å². The van der Waals surface area contributed by atoms with Crippen molar-refractivity contribution in [3.8, 4) is 0 Å². The van der Waals surface area contributed by atoms with Crippen LogP contribution in [0.5, 0.6) is 0 Å². The molecule has 6 nitrogen and oxygen atoms in total. The molecule has 0 saturated heterocycles. The number of fused-ring (bicyclic) bond motifs is 6. The highest BCUT2D eigenvalue weighted by Gasteiger charge is 2.86. The number of ether oxygens (including phenoxy) is 1. The second kappa shape index (κ2) is 10.4. The van der Waals surface area contributed by atoms with E-state index in [4.69, 9.17) is 4.74 Å². The van der Waals surface area contributed by atoms with Crippen molar-refractivity contribution >= 4 is 11.9 Å². The molecule has 5 aliphatic rings. The van der Waals surface area contributed by atoms with Crippen molar-refractivity contribution in [2.45, 2.75) is 118 Å². The Hall–Kier alpha value is -2.25. The third-order valence-corrected chi connectivity index (χ3v) is 14.4. The molecule has 1 aromatic rings. The summed E-state index contributed by atoms with van der Waals surface area (Å²) in [6, 6.07) is 5.32. The summed E-state index contributed by atoms with van der Waals surface area (Å²) in [7, 11) is 0. The minimum Gasteiger partial charge on any atom is -0.481 e. The fourth-order valence-electron chi connectivity index (χ4n) is 12.2. The van der Waals surface area contributed by atoms with Gasteiger partial charge in [-0.05, 0) is 136 Å². The molecular weight excluding hydrogens is 559 g/mol. The van der Waals surface area contributed by atoms with Gasteiger partial charge in [0.2, 0.25) is 0 Å². The summed E-state index contributed by atoms with van der Waals surface area (Å²) in [5.74, 6) is -1.51. The molecule has 0 heterocycles. The number of halogens is 1. The lowest BCUT2D eigenvalue weighted by Gasteiger charge is -2.69. The van der Waals surface area contributed by atoms with Gasteiger partial charge in [0, 0.05) is 5.41 Å². The van der Waals surface area contributed by atoms with Crippen LogP contribution >= 0.6 is 0 Å². The molecule has 0 aliphatic heterocycles. The maximum absolute atomic E-state index is 13.7. The maximum Gasteiger partial charge on any atom is 0.338 e. The number of aliphatic hydroxyl groups excluding tert-OH is 2. The number of rotatable bonds is 6. The van der Waals surface area contributed by atoms with Gasteiger partial charge < -0.3 is 20.1 Å².